The molecule has 3 heteroatoms. The van der Waals surface area contributed by atoms with Gasteiger partial charge in [-0.25, -0.2) is 0 Å². The molecule has 116 valence electrons. The summed E-state index contributed by atoms with van der Waals surface area (Å²) >= 11 is 0. The van der Waals surface area contributed by atoms with Crippen LogP contribution in [0.15, 0.2) is 0 Å². The summed E-state index contributed by atoms with van der Waals surface area (Å²) < 4.78 is 0. The lowest BCUT2D eigenvalue weighted by atomic mass is 9.76. The van der Waals surface area contributed by atoms with Gasteiger partial charge >= 0.3 is 0 Å². The van der Waals surface area contributed by atoms with Gasteiger partial charge in [-0.05, 0) is 68.2 Å². The molecule has 0 aromatic rings. The third kappa shape index (κ3) is 4.76. The van der Waals surface area contributed by atoms with Gasteiger partial charge in [0.2, 0.25) is 5.91 Å². The molecule has 1 unspecified atom stereocenters. The largest absolute Gasteiger partial charge is 0.353 e. The van der Waals surface area contributed by atoms with Crippen LogP contribution in [0.5, 0.6) is 0 Å². The van der Waals surface area contributed by atoms with E-state index in [4.69, 9.17) is 5.73 Å². The van der Waals surface area contributed by atoms with Crippen LogP contribution in [0.25, 0.3) is 0 Å². The van der Waals surface area contributed by atoms with Crippen LogP contribution in [-0.2, 0) is 4.79 Å². The molecular formula is C17H32N2O. The summed E-state index contributed by atoms with van der Waals surface area (Å²) in [6.07, 6.45) is 7.93. The summed E-state index contributed by atoms with van der Waals surface area (Å²) in [4.78, 5) is 12.2. The van der Waals surface area contributed by atoms with Crippen molar-refractivity contribution in [3.8, 4) is 0 Å². The number of carbonyl (C=O) groups is 1. The van der Waals surface area contributed by atoms with Crippen molar-refractivity contribution in [1.82, 2.24) is 5.32 Å². The number of rotatable bonds is 8. The number of nitrogens with two attached hydrogens (primary N) is 1. The van der Waals surface area contributed by atoms with Crippen molar-refractivity contribution in [1.29, 1.82) is 0 Å². The monoisotopic (exact) mass is 280 g/mol. The first kappa shape index (κ1) is 15.8. The highest BCUT2D eigenvalue weighted by Crippen LogP contribution is 2.44. The van der Waals surface area contributed by atoms with Gasteiger partial charge in [-0.15, -0.1) is 0 Å². The Morgan fingerprint density at radius 2 is 1.70 bits per heavy atom. The zero-order chi connectivity index (χ0) is 14.8. The second-order valence-corrected chi connectivity index (χ2v) is 7.95. The van der Waals surface area contributed by atoms with Crippen molar-refractivity contribution in [3.63, 3.8) is 0 Å². The fourth-order valence-corrected chi connectivity index (χ4v) is 3.31. The van der Waals surface area contributed by atoms with Gasteiger partial charge in [0.1, 0.15) is 0 Å². The second-order valence-electron chi connectivity index (χ2n) is 7.95. The topological polar surface area (TPSA) is 55.1 Å². The van der Waals surface area contributed by atoms with Crippen LogP contribution >= 0.6 is 0 Å². The Morgan fingerprint density at radius 3 is 2.10 bits per heavy atom. The van der Waals surface area contributed by atoms with E-state index in [2.05, 4.69) is 26.1 Å². The van der Waals surface area contributed by atoms with E-state index in [1.165, 1.54) is 25.7 Å². The Labute approximate surface area is 124 Å². The Balaban J connectivity index is 1.75. The molecule has 0 bridgehead atoms. The Hall–Kier alpha value is -0.570. The number of hydrogen-bond donors (Lipinski definition) is 2. The van der Waals surface area contributed by atoms with Gasteiger partial charge in [0.05, 0.1) is 0 Å². The minimum Gasteiger partial charge on any atom is -0.353 e. The summed E-state index contributed by atoms with van der Waals surface area (Å²) in [5.74, 6) is 2.38. The van der Waals surface area contributed by atoms with E-state index < -0.39 is 0 Å². The molecule has 2 rings (SSSR count). The summed E-state index contributed by atoms with van der Waals surface area (Å²) in [7, 11) is 0. The maximum absolute atomic E-state index is 12.2. The summed E-state index contributed by atoms with van der Waals surface area (Å²) in [5, 5.41) is 3.32. The second kappa shape index (κ2) is 6.46. The molecule has 20 heavy (non-hydrogen) atoms. The molecule has 0 spiro atoms. The van der Waals surface area contributed by atoms with Crippen LogP contribution in [0.4, 0.5) is 0 Å². The highest BCUT2D eigenvalue weighted by molar-refractivity contribution is 5.76. The Morgan fingerprint density at radius 1 is 1.15 bits per heavy atom. The molecule has 2 fully saturated rings. The van der Waals surface area contributed by atoms with Gasteiger partial charge in [0.25, 0.3) is 0 Å². The molecule has 0 heterocycles. The van der Waals surface area contributed by atoms with E-state index in [-0.39, 0.29) is 11.3 Å². The van der Waals surface area contributed by atoms with E-state index in [0.29, 0.717) is 18.4 Å². The fraction of sp³-hybridized carbons (Fsp3) is 0.941. The maximum atomic E-state index is 12.2. The molecule has 2 saturated carbocycles. The third-order valence-electron chi connectivity index (χ3n) is 5.05. The maximum Gasteiger partial charge on any atom is 0.220 e. The van der Waals surface area contributed by atoms with E-state index in [9.17, 15) is 4.79 Å². The number of amides is 1. The van der Waals surface area contributed by atoms with Gasteiger partial charge in [-0.2, -0.15) is 0 Å². The highest BCUT2D eigenvalue weighted by atomic mass is 16.1. The van der Waals surface area contributed by atoms with Crippen LogP contribution < -0.4 is 11.1 Å². The third-order valence-corrected chi connectivity index (χ3v) is 5.05. The zero-order valence-electron chi connectivity index (χ0n) is 13.5. The first-order chi connectivity index (χ1) is 9.41. The SMILES string of the molecule is CC(C)(C)C(CCN)CCC(=O)NC(C1CC1)C1CC1. The summed E-state index contributed by atoms with van der Waals surface area (Å²) in [6.45, 7) is 7.48. The molecule has 1 amide bonds. The lowest BCUT2D eigenvalue weighted by Gasteiger charge is -2.30. The Kier molecular flexibility index (Phi) is 5.11. The molecule has 3 N–H and O–H groups in total. The highest BCUT2D eigenvalue weighted by Gasteiger charge is 2.42. The van der Waals surface area contributed by atoms with E-state index in [1.807, 2.05) is 0 Å². The van der Waals surface area contributed by atoms with Gasteiger partial charge in [0, 0.05) is 12.5 Å². The van der Waals surface area contributed by atoms with Gasteiger partial charge < -0.3 is 11.1 Å². The van der Waals surface area contributed by atoms with Crippen molar-refractivity contribution in [2.24, 2.45) is 28.9 Å². The predicted octanol–water partition coefficient (Wildman–Crippen LogP) is 3.08. The van der Waals surface area contributed by atoms with Crippen molar-refractivity contribution < 1.29 is 4.79 Å². The average molecular weight is 280 g/mol. The Bertz CT molecular complexity index is 314. The first-order valence-corrected chi connectivity index (χ1v) is 8.41. The molecule has 0 radical (unpaired) electrons. The lowest BCUT2D eigenvalue weighted by molar-refractivity contribution is -0.122. The molecule has 0 aromatic heterocycles. The van der Waals surface area contributed by atoms with Gasteiger partial charge in [-0.1, -0.05) is 20.8 Å². The fourth-order valence-electron chi connectivity index (χ4n) is 3.31. The molecule has 0 aromatic carbocycles. The molecule has 0 aliphatic heterocycles. The van der Waals surface area contributed by atoms with Gasteiger partial charge in [0.15, 0.2) is 0 Å². The van der Waals surface area contributed by atoms with Crippen LogP contribution in [-0.4, -0.2) is 18.5 Å². The number of nitrogens with one attached hydrogen (secondary N) is 1. The van der Waals surface area contributed by atoms with Crippen LogP contribution in [0.2, 0.25) is 0 Å². The lowest BCUT2D eigenvalue weighted by Crippen LogP contribution is -2.38. The number of hydrogen-bond acceptors (Lipinski definition) is 2. The summed E-state index contributed by atoms with van der Waals surface area (Å²) in [6, 6.07) is 0.491. The molecular weight excluding hydrogens is 248 g/mol. The molecule has 0 saturated heterocycles. The first-order valence-electron chi connectivity index (χ1n) is 8.41. The zero-order valence-corrected chi connectivity index (χ0v) is 13.5. The van der Waals surface area contributed by atoms with Crippen LogP contribution in [0, 0.1) is 23.2 Å². The van der Waals surface area contributed by atoms with Crippen molar-refractivity contribution in [2.45, 2.75) is 71.8 Å². The van der Waals surface area contributed by atoms with Crippen LogP contribution in [0.1, 0.15) is 65.7 Å². The molecule has 2 aliphatic carbocycles. The van der Waals surface area contributed by atoms with E-state index >= 15 is 0 Å². The minimum atomic E-state index is 0.242. The van der Waals surface area contributed by atoms with Crippen molar-refractivity contribution in [3.05, 3.63) is 0 Å². The van der Waals surface area contributed by atoms with Crippen LogP contribution in [0.3, 0.4) is 0 Å². The predicted molar refractivity (Wildman–Crippen MR) is 83.2 cm³/mol. The van der Waals surface area contributed by atoms with Gasteiger partial charge in [-0.3, -0.25) is 4.79 Å². The normalized spacial score (nSPS) is 21.1. The van der Waals surface area contributed by atoms with E-state index in [0.717, 1.165) is 31.2 Å². The van der Waals surface area contributed by atoms with Crippen molar-refractivity contribution in [2.75, 3.05) is 6.54 Å². The molecule has 2 aliphatic rings. The minimum absolute atomic E-state index is 0.242. The molecule has 1 atom stereocenters. The quantitative estimate of drug-likeness (QED) is 0.718. The summed E-state index contributed by atoms with van der Waals surface area (Å²) in [5.41, 5.74) is 5.95. The van der Waals surface area contributed by atoms with E-state index in [1.54, 1.807) is 0 Å². The number of carbonyl (C=O) groups excluding carboxylic acids is 1. The van der Waals surface area contributed by atoms with Crippen molar-refractivity contribution >= 4 is 5.91 Å². The smallest absolute Gasteiger partial charge is 0.220 e. The average Bonchev–Trinajstić information content (AvgIpc) is 3.23. The standard InChI is InChI=1S/C17H32N2O/c1-17(2,3)14(10-11-18)8-9-15(20)19-16(12-4-5-12)13-6-7-13/h12-14,16H,4-11,18H2,1-3H3,(H,19,20). The molecule has 3 nitrogen and oxygen atoms in total.